The fourth-order valence-corrected chi connectivity index (χ4v) is 2.27. The summed E-state index contributed by atoms with van der Waals surface area (Å²) in [6.45, 7) is 0.577. The Kier molecular flexibility index (Phi) is 3.14. The van der Waals surface area contributed by atoms with Gasteiger partial charge in [-0.15, -0.1) is 0 Å². The molecule has 0 radical (unpaired) electrons. The number of halogens is 1. The van der Waals surface area contributed by atoms with Gasteiger partial charge in [0.25, 0.3) is 0 Å². The Balaban J connectivity index is 2.40. The van der Waals surface area contributed by atoms with Gasteiger partial charge in [0.1, 0.15) is 5.75 Å². The monoisotopic (exact) mass is 318 g/mol. The van der Waals surface area contributed by atoms with E-state index in [1.807, 2.05) is 18.2 Å². The maximum absolute atomic E-state index is 11.6. The van der Waals surface area contributed by atoms with Crippen molar-refractivity contribution in [2.45, 2.75) is 12.3 Å². The molecule has 0 bridgehead atoms. The average molecular weight is 318 g/mol. The third-order valence-electron chi connectivity index (χ3n) is 2.50. The first-order chi connectivity index (χ1) is 7.22. The van der Waals surface area contributed by atoms with Gasteiger partial charge in [-0.05, 0) is 47.2 Å². The quantitative estimate of drug-likeness (QED) is 0.589. The van der Waals surface area contributed by atoms with Crippen LogP contribution in [-0.4, -0.2) is 19.7 Å². The minimum atomic E-state index is -0.179. The molecule has 80 valence electrons. The maximum Gasteiger partial charge on any atom is 0.313 e. The van der Waals surface area contributed by atoms with Crippen molar-refractivity contribution < 1.29 is 14.3 Å². The summed E-state index contributed by atoms with van der Waals surface area (Å²) in [6.07, 6.45) is 0.694. The number of esters is 1. The second-order valence-corrected chi connectivity index (χ2v) is 4.64. The zero-order valence-electron chi connectivity index (χ0n) is 8.33. The van der Waals surface area contributed by atoms with Gasteiger partial charge < -0.3 is 9.47 Å². The predicted octanol–water partition coefficient (Wildman–Crippen LogP) is 2.33. The van der Waals surface area contributed by atoms with Gasteiger partial charge in [-0.2, -0.15) is 0 Å². The van der Waals surface area contributed by atoms with Gasteiger partial charge >= 0.3 is 5.97 Å². The lowest BCUT2D eigenvalue weighted by Gasteiger charge is -2.24. The highest BCUT2D eigenvalue weighted by atomic mass is 127. The number of ether oxygens (including phenoxy) is 2. The van der Waals surface area contributed by atoms with Crippen LogP contribution >= 0.6 is 22.6 Å². The number of fused-ring (bicyclic) bond motifs is 1. The lowest BCUT2D eigenvalue weighted by atomic mass is 9.93. The van der Waals surface area contributed by atoms with Crippen LogP contribution in [-0.2, 0) is 9.53 Å². The summed E-state index contributed by atoms with van der Waals surface area (Å²) >= 11 is 2.22. The molecule has 1 aliphatic heterocycles. The molecule has 1 heterocycles. The summed E-state index contributed by atoms with van der Waals surface area (Å²) in [5, 5.41) is 0. The molecular formula is C11H11IO3. The lowest BCUT2D eigenvalue weighted by molar-refractivity contribution is -0.143. The second kappa shape index (κ2) is 4.38. The number of carbonyl (C=O) groups excluding carboxylic acids is 1. The van der Waals surface area contributed by atoms with Crippen LogP contribution in [0.4, 0.5) is 0 Å². The van der Waals surface area contributed by atoms with E-state index in [-0.39, 0.29) is 11.9 Å². The molecule has 2 rings (SSSR count). The van der Waals surface area contributed by atoms with Gasteiger partial charge in [0, 0.05) is 9.13 Å². The Labute approximate surface area is 102 Å². The Morgan fingerprint density at radius 2 is 2.40 bits per heavy atom. The molecule has 0 aromatic heterocycles. The molecule has 0 saturated heterocycles. The summed E-state index contributed by atoms with van der Waals surface area (Å²) in [4.78, 5) is 11.6. The first-order valence-corrected chi connectivity index (χ1v) is 5.80. The number of carbonyl (C=O) groups is 1. The summed E-state index contributed by atoms with van der Waals surface area (Å²) < 4.78 is 11.4. The molecule has 1 aliphatic rings. The van der Waals surface area contributed by atoms with E-state index in [1.165, 1.54) is 7.11 Å². The molecule has 0 fully saturated rings. The van der Waals surface area contributed by atoms with E-state index in [4.69, 9.17) is 9.47 Å². The van der Waals surface area contributed by atoms with Crippen molar-refractivity contribution in [2.75, 3.05) is 13.7 Å². The van der Waals surface area contributed by atoms with Gasteiger partial charge in [0.05, 0.1) is 19.6 Å². The zero-order chi connectivity index (χ0) is 10.8. The molecule has 0 aliphatic carbocycles. The van der Waals surface area contributed by atoms with Crippen molar-refractivity contribution in [3.05, 3.63) is 27.3 Å². The van der Waals surface area contributed by atoms with Gasteiger partial charge in [-0.1, -0.05) is 0 Å². The molecule has 15 heavy (non-hydrogen) atoms. The van der Waals surface area contributed by atoms with Crippen LogP contribution in [0.5, 0.6) is 5.75 Å². The van der Waals surface area contributed by atoms with Crippen molar-refractivity contribution in [1.82, 2.24) is 0 Å². The topological polar surface area (TPSA) is 35.5 Å². The van der Waals surface area contributed by atoms with E-state index in [0.717, 1.165) is 14.9 Å². The highest BCUT2D eigenvalue weighted by Gasteiger charge is 2.28. The molecule has 0 unspecified atom stereocenters. The Morgan fingerprint density at radius 1 is 1.60 bits per heavy atom. The fourth-order valence-electron chi connectivity index (χ4n) is 1.75. The maximum atomic E-state index is 11.6. The molecule has 4 heteroatoms. The first kappa shape index (κ1) is 10.7. The lowest BCUT2D eigenvalue weighted by Crippen LogP contribution is -2.22. The number of hydrogen-bond acceptors (Lipinski definition) is 3. The van der Waals surface area contributed by atoms with Crippen LogP contribution in [0.25, 0.3) is 0 Å². The smallest absolute Gasteiger partial charge is 0.313 e. The standard InChI is InChI=1S/C11H11IO3/c1-14-11(13)8-4-5-15-10-3-2-7(12)6-9(8)10/h2-3,6,8H,4-5H2,1H3/t8-/m0/s1. The number of benzene rings is 1. The highest BCUT2D eigenvalue weighted by molar-refractivity contribution is 14.1. The van der Waals surface area contributed by atoms with E-state index in [2.05, 4.69) is 22.6 Å². The molecule has 0 saturated carbocycles. The SMILES string of the molecule is COC(=O)[C@H]1CCOc2ccc(I)cc21. The third kappa shape index (κ3) is 2.09. The van der Waals surface area contributed by atoms with Crippen molar-refractivity contribution in [3.8, 4) is 5.75 Å². The molecule has 1 atom stereocenters. The van der Waals surface area contributed by atoms with E-state index >= 15 is 0 Å². The third-order valence-corrected chi connectivity index (χ3v) is 3.17. The van der Waals surface area contributed by atoms with E-state index in [9.17, 15) is 4.79 Å². The minimum absolute atomic E-state index is 0.173. The Bertz CT molecular complexity index is 389. The highest BCUT2D eigenvalue weighted by Crippen LogP contribution is 2.35. The molecular weight excluding hydrogens is 307 g/mol. The summed E-state index contributed by atoms with van der Waals surface area (Å²) in [5.74, 6) is 0.451. The van der Waals surface area contributed by atoms with Crippen LogP contribution < -0.4 is 4.74 Å². The van der Waals surface area contributed by atoms with Gasteiger partial charge in [0.15, 0.2) is 0 Å². The summed E-state index contributed by atoms with van der Waals surface area (Å²) in [6, 6.07) is 5.86. The Morgan fingerprint density at radius 3 is 3.13 bits per heavy atom. The second-order valence-electron chi connectivity index (χ2n) is 3.40. The minimum Gasteiger partial charge on any atom is -0.493 e. The van der Waals surface area contributed by atoms with Crippen molar-refractivity contribution in [1.29, 1.82) is 0 Å². The predicted molar refractivity (Wildman–Crippen MR) is 64.0 cm³/mol. The molecule has 0 N–H and O–H groups in total. The Hall–Kier alpha value is -0.780. The summed E-state index contributed by atoms with van der Waals surface area (Å²) in [5.41, 5.74) is 0.944. The van der Waals surface area contributed by atoms with Crippen LogP contribution in [0.2, 0.25) is 0 Å². The van der Waals surface area contributed by atoms with Crippen molar-refractivity contribution in [2.24, 2.45) is 0 Å². The molecule has 1 aromatic carbocycles. The zero-order valence-corrected chi connectivity index (χ0v) is 10.5. The molecule has 3 nitrogen and oxygen atoms in total. The largest absolute Gasteiger partial charge is 0.493 e. The van der Waals surface area contributed by atoms with E-state index in [1.54, 1.807) is 0 Å². The number of methoxy groups -OCH3 is 1. The summed E-state index contributed by atoms with van der Waals surface area (Å²) in [7, 11) is 1.42. The van der Waals surface area contributed by atoms with E-state index in [0.29, 0.717) is 13.0 Å². The average Bonchev–Trinajstić information content (AvgIpc) is 2.27. The first-order valence-electron chi connectivity index (χ1n) is 4.72. The van der Waals surface area contributed by atoms with Crippen LogP contribution in [0.1, 0.15) is 17.9 Å². The van der Waals surface area contributed by atoms with Crippen LogP contribution in [0.15, 0.2) is 18.2 Å². The van der Waals surface area contributed by atoms with Gasteiger partial charge in [-0.25, -0.2) is 0 Å². The molecule has 0 amide bonds. The van der Waals surface area contributed by atoms with Crippen molar-refractivity contribution >= 4 is 28.6 Å². The number of rotatable bonds is 1. The normalized spacial score (nSPS) is 18.9. The number of hydrogen-bond donors (Lipinski definition) is 0. The van der Waals surface area contributed by atoms with Crippen molar-refractivity contribution in [3.63, 3.8) is 0 Å². The fraction of sp³-hybridized carbons (Fsp3) is 0.364. The van der Waals surface area contributed by atoms with Gasteiger partial charge in [-0.3, -0.25) is 4.79 Å². The molecule has 0 spiro atoms. The van der Waals surface area contributed by atoms with Crippen LogP contribution in [0, 0.1) is 3.57 Å². The molecule has 1 aromatic rings. The van der Waals surface area contributed by atoms with E-state index < -0.39 is 0 Å². The van der Waals surface area contributed by atoms with Gasteiger partial charge in [0.2, 0.25) is 0 Å². The van der Waals surface area contributed by atoms with Crippen LogP contribution in [0.3, 0.4) is 0 Å².